The molecule has 2 aromatic rings. The summed E-state index contributed by atoms with van der Waals surface area (Å²) < 4.78 is 108. The smallest absolute Gasteiger partial charge is 0.400 e. The van der Waals surface area contributed by atoms with Crippen molar-refractivity contribution in [3.63, 3.8) is 0 Å². The summed E-state index contributed by atoms with van der Waals surface area (Å²) in [4.78, 5) is 0. The topological polar surface area (TPSA) is 18.5 Å². The van der Waals surface area contributed by atoms with Crippen molar-refractivity contribution >= 4 is 0 Å². The Morgan fingerprint density at radius 2 is 1.16 bits per heavy atom. The predicted octanol–water partition coefficient (Wildman–Crippen LogP) is 9.21. The van der Waals surface area contributed by atoms with Crippen molar-refractivity contribution in [1.29, 1.82) is 0 Å². The van der Waals surface area contributed by atoms with Gasteiger partial charge in [-0.05, 0) is 69.1 Å². The van der Waals surface area contributed by atoms with E-state index < -0.39 is 46.9 Å². The lowest BCUT2D eigenvalue weighted by Gasteiger charge is -2.32. The number of hydrogen-bond donors (Lipinski definition) is 0. The predicted molar refractivity (Wildman–Crippen MR) is 128 cm³/mol. The van der Waals surface area contributed by atoms with Crippen LogP contribution in [0.3, 0.4) is 0 Å². The van der Waals surface area contributed by atoms with Crippen molar-refractivity contribution in [2.75, 3.05) is 0 Å². The zero-order valence-electron chi connectivity index (χ0n) is 20.7. The molecule has 0 bridgehead atoms. The molecule has 0 saturated heterocycles. The molecule has 2 nitrogen and oxygen atoms in total. The van der Waals surface area contributed by atoms with Crippen LogP contribution in [-0.2, 0) is 0 Å². The van der Waals surface area contributed by atoms with Crippen LogP contribution >= 0.6 is 0 Å². The van der Waals surface area contributed by atoms with Crippen LogP contribution in [0.15, 0.2) is 49.3 Å². The van der Waals surface area contributed by atoms with Gasteiger partial charge in [0.2, 0.25) is 0 Å². The van der Waals surface area contributed by atoms with Crippen molar-refractivity contribution < 1.29 is 40.2 Å². The molecule has 2 aliphatic rings. The van der Waals surface area contributed by atoms with Gasteiger partial charge in [0.1, 0.15) is 23.1 Å². The second-order valence-corrected chi connectivity index (χ2v) is 10.1. The molecule has 2 aliphatic carbocycles. The van der Waals surface area contributed by atoms with Crippen LogP contribution < -0.4 is 9.47 Å². The molecule has 206 valence electrons. The lowest BCUT2D eigenvalue weighted by molar-refractivity contribution is -0.223. The number of allylic oxidation sites excluding steroid dienone is 2. The SMILES string of the molecule is C=COc1cc(F)c(C2CCC(/C=C/C3CCC(C(F)(F)Oc4cc(F)c(F)c(F)c4)CC3)CC2)c(F)c1. The maximum Gasteiger partial charge on any atom is 0.400 e. The molecular weight excluding hydrogens is 513 g/mol. The van der Waals surface area contributed by atoms with Gasteiger partial charge in [-0.1, -0.05) is 18.7 Å². The Labute approximate surface area is 217 Å². The molecule has 0 radical (unpaired) electrons. The van der Waals surface area contributed by atoms with Gasteiger partial charge in [0.25, 0.3) is 0 Å². The van der Waals surface area contributed by atoms with Crippen LogP contribution in [0, 0.1) is 46.8 Å². The van der Waals surface area contributed by atoms with Gasteiger partial charge in [-0.15, -0.1) is 0 Å². The molecule has 2 saturated carbocycles. The third-order valence-corrected chi connectivity index (χ3v) is 7.57. The van der Waals surface area contributed by atoms with E-state index in [1.807, 2.05) is 6.08 Å². The lowest BCUT2D eigenvalue weighted by Crippen LogP contribution is -2.37. The van der Waals surface area contributed by atoms with Gasteiger partial charge in [-0.2, -0.15) is 8.78 Å². The van der Waals surface area contributed by atoms with Crippen molar-refractivity contribution in [1.82, 2.24) is 0 Å². The highest BCUT2D eigenvalue weighted by molar-refractivity contribution is 5.33. The molecule has 2 aromatic carbocycles. The summed E-state index contributed by atoms with van der Waals surface area (Å²) in [6.07, 6.45) is 5.66. The monoisotopic (exact) mass is 542 g/mol. The Bertz CT molecular complexity index is 1120. The fourth-order valence-electron chi connectivity index (χ4n) is 5.51. The molecule has 2 fully saturated rings. The molecule has 0 atom stereocenters. The number of ether oxygens (including phenoxy) is 2. The molecule has 0 unspecified atom stereocenters. The van der Waals surface area contributed by atoms with Crippen molar-refractivity contribution in [2.45, 2.75) is 63.4 Å². The molecule has 9 heteroatoms. The van der Waals surface area contributed by atoms with Crippen LogP contribution in [0.2, 0.25) is 0 Å². The third kappa shape index (κ3) is 6.53. The first-order valence-corrected chi connectivity index (χ1v) is 12.7. The van der Waals surface area contributed by atoms with E-state index in [-0.39, 0.29) is 41.9 Å². The molecule has 0 heterocycles. The molecule has 0 aliphatic heterocycles. The molecule has 38 heavy (non-hydrogen) atoms. The largest absolute Gasteiger partial charge is 0.465 e. The fourth-order valence-corrected chi connectivity index (χ4v) is 5.51. The first-order chi connectivity index (χ1) is 18.1. The summed E-state index contributed by atoms with van der Waals surface area (Å²) >= 11 is 0. The van der Waals surface area contributed by atoms with E-state index in [1.54, 1.807) is 0 Å². The average molecular weight is 543 g/mol. The Morgan fingerprint density at radius 1 is 0.684 bits per heavy atom. The highest BCUT2D eigenvalue weighted by Crippen LogP contribution is 2.42. The Balaban J connectivity index is 1.26. The molecule has 0 amide bonds. The first kappa shape index (κ1) is 28.0. The third-order valence-electron chi connectivity index (χ3n) is 7.57. The summed E-state index contributed by atoms with van der Waals surface area (Å²) in [6.45, 7) is 3.38. The minimum absolute atomic E-state index is 0.0627. The Kier molecular flexibility index (Phi) is 8.73. The molecule has 4 rings (SSSR count). The zero-order valence-corrected chi connectivity index (χ0v) is 20.7. The first-order valence-electron chi connectivity index (χ1n) is 12.7. The summed E-state index contributed by atoms with van der Waals surface area (Å²) in [6, 6.07) is 3.13. The van der Waals surface area contributed by atoms with Gasteiger partial charge in [0, 0.05) is 29.8 Å². The van der Waals surface area contributed by atoms with Gasteiger partial charge in [0.15, 0.2) is 17.5 Å². The second-order valence-electron chi connectivity index (χ2n) is 10.1. The van der Waals surface area contributed by atoms with Gasteiger partial charge in [0.05, 0.1) is 12.2 Å². The van der Waals surface area contributed by atoms with Crippen LogP contribution in [0.5, 0.6) is 11.5 Å². The fraction of sp³-hybridized carbons (Fsp3) is 0.448. The lowest BCUT2D eigenvalue weighted by atomic mass is 9.77. The van der Waals surface area contributed by atoms with Gasteiger partial charge in [-0.3, -0.25) is 0 Å². The van der Waals surface area contributed by atoms with Crippen molar-refractivity contribution in [2.24, 2.45) is 17.8 Å². The van der Waals surface area contributed by atoms with Gasteiger partial charge >= 0.3 is 6.11 Å². The Hall–Kier alpha value is -2.97. The van der Waals surface area contributed by atoms with E-state index in [1.165, 1.54) is 0 Å². The summed E-state index contributed by atoms with van der Waals surface area (Å²) in [7, 11) is 0. The number of alkyl halides is 2. The zero-order chi connectivity index (χ0) is 27.4. The van der Waals surface area contributed by atoms with Crippen LogP contribution in [0.1, 0.15) is 62.8 Å². The van der Waals surface area contributed by atoms with E-state index in [0.717, 1.165) is 31.2 Å². The van der Waals surface area contributed by atoms with Crippen LogP contribution in [-0.4, -0.2) is 6.11 Å². The number of benzene rings is 2. The van der Waals surface area contributed by atoms with E-state index in [0.29, 0.717) is 37.8 Å². The van der Waals surface area contributed by atoms with Gasteiger partial charge in [-0.25, -0.2) is 22.0 Å². The highest BCUT2D eigenvalue weighted by atomic mass is 19.3. The Morgan fingerprint density at radius 3 is 1.66 bits per heavy atom. The quantitative estimate of drug-likeness (QED) is 0.143. The summed E-state index contributed by atoms with van der Waals surface area (Å²) in [5.74, 6) is -7.90. The van der Waals surface area contributed by atoms with E-state index in [9.17, 15) is 30.7 Å². The second kappa shape index (κ2) is 11.8. The number of rotatable bonds is 8. The van der Waals surface area contributed by atoms with Crippen molar-refractivity contribution in [3.05, 3.63) is 83.9 Å². The minimum atomic E-state index is -3.65. The number of halogens is 7. The highest BCUT2D eigenvalue weighted by Gasteiger charge is 2.44. The minimum Gasteiger partial charge on any atom is -0.465 e. The molecule has 0 spiro atoms. The van der Waals surface area contributed by atoms with E-state index >= 15 is 0 Å². The van der Waals surface area contributed by atoms with Gasteiger partial charge < -0.3 is 9.47 Å². The maximum atomic E-state index is 14.6. The average Bonchev–Trinajstić information content (AvgIpc) is 2.86. The number of hydrogen-bond acceptors (Lipinski definition) is 2. The standard InChI is InChI=1S/C29H29F7O2/c1-2-37-21-13-23(30)27(24(31)14-21)19-9-5-17(6-10-19)3-4-18-7-11-20(12-8-18)29(35,36)38-22-15-25(32)28(34)26(33)16-22/h2-4,13-20H,1,5-12H2/b4-3+. The normalized spacial score (nSPS) is 24.4. The van der Waals surface area contributed by atoms with E-state index in [2.05, 4.69) is 17.4 Å². The summed E-state index contributed by atoms with van der Waals surface area (Å²) in [5.41, 5.74) is 0.0800. The molecule has 0 N–H and O–H groups in total. The van der Waals surface area contributed by atoms with Crippen LogP contribution in [0.25, 0.3) is 0 Å². The van der Waals surface area contributed by atoms with Crippen molar-refractivity contribution in [3.8, 4) is 11.5 Å². The maximum absolute atomic E-state index is 14.6. The summed E-state index contributed by atoms with van der Waals surface area (Å²) in [5, 5.41) is 0. The van der Waals surface area contributed by atoms with E-state index in [4.69, 9.17) is 4.74 Å². The molecule has 0 aromatic heterocycles. The van der Waals surface area contributed by atoms with Crippen LogP contribution in [0.4, 0.5) is 30.7 Å². The molecular formula is C29H29F7O2.